The maximum absolute atomic E-state index is 13.6. The molecule has 4 rings (SSSR count). The van der Waals surface area contributed by atoms with Gasteiger partial charge in [-0.15, -0.1) is 0 Å². The molecular weight excluding hydrogens is 516 g/mol. The van der Waals surface area contributed by atoms with E-state index in [9.17, 15) is 23.4 Å². The van der Waals surface area contributed by atoms with Crippen molar-refractivity contribution in [3.05, 3.63) is 119 Å². The minimum Gasteiger partial charge on any atom is -0.507 e. The number of benzene rings is 4. The average Bonchev–Trinajstić information content (AvgIpc) is 2.91. The van der Waals surface area contributed by atoms with Gasteiger partial charge in [-0.1, -0.05) is 67.9 Å². The largest absolute Gasteiger partial charge is 0.507 e. The van der Waals surface area contributed by atoms with Gasteiger partial charge in [0.2, 0.25) is 15.3 Å². The number of sulfone groups is 1. The van der Waals surface area contributed by atoms with Crippen LogP contribution in [-0.4, -0.2) is 36.6 Å². The standard InChI is InChI=1S/C31H30O7S/c1-21-12-15-26(16-13-21)39(35,36)29(20-37-24-9-5-4-6-10-24)38-25-11-7-8-22(18-25)31(2,3)23-14-17-27(30(33)34)28(32)19-23/h4-19,29,32H,20H2,1-3H3,(H,33,34). The van der Waals surface area contributed by atoms with Crippen LogP contribution in [-0.2, 0) is 15.3 Å². The third-order valence-corrected chi connectivity index (χ3v) is 8.45. The van der Waals surface area contributed by atoms with Crippen LogP contribution in [0.5, 0.6) is 17.2 Å². The highest BCUT2D eigenvalue weighted by atomic mass is 32.2. The Labute approximate surface area is 228 Å². The van der Waals surface area contributed by atoms with Gasteiger partial charge in [0.25, 0.3) is 0 Å². The van der Waals surface area contributed by atoms with Crippen LogP contribution in [0.2, 0.25) is 0 Å². The van der Waals surface area contributed by atoms with Gasteiger partial charge in [-0.25, -0.2) is 13.2 Å². The van der Waals surface area contributed by atoms with Crippen molar-refractivity contribution in [1.82, 2.24) is 0 Å². The topological polar surface area (TPSA) is 110 Å². The Bertz CT molecular complexity index is 1560. The second-order valence-electron chi connectivity index (χ2n) is 9.72. The number of rotatable bonds is 10. The Morgan fingerprint density at radius 3 is 2.13 bits per heavy atom. The zero-order valence-electron chi connectivity index (χ0n) is 21.9. The molecule has 7 nitrogen and oxygen atoms in total. The van der Waals surface area contributed by atoms with Gasteiger partial charge in [0.1, 0.15) is 29.4 Å². The number of aryl methyl sites for hydroxylation is 1. The van der Waals surface area contributed by atoms with Crippen LogP contribution in [0.3, 0.4) is 0 Å². The van der Waals surface area contributed by atoms with Crippen molar-refractivity contribution in [2.24, 2.45) is 0 Å². The Morgan fingerprint density at radius 2 is 1.49 bits per heavy atom. The zero-order valence-corrected chi connectivity index (χ0v) is 22.7. The van der Waals surface area contributed by atoms with Crippen molar-refractivity contribution >= 4 is 15.8 Å². The molecule has 0 saturated carbocycles. The normalized spacial score (nSPS) is 12.5. The molecule has 0 amide bonds. The highest BCUT2D eigenvalue weighted by Gasteiger charge is 2.31. The molecule has 0 bridgehead atoms. The molecule has 0 radical (unpaired) electrons. The van der Waals surface area contributed by atoms with Crippen LogP contribution in [0.15, 0.2) is 102 Å². The summed E-state index contributed by atoms with van der Waals surface area (Å²) in [7, 11) is -3.94. The molecule has 8 heteroatoms. The molecule has 39 heavy (non-hydrogen) atoms. The number of carbonyl (C=O) groups is 1. The summed E-state index contributed by atoms with van der Waals surface area (Å²) in [6, 6.07) is 26.9. The number of carboxylic acid groups (broad SMARTS) is 1. The van der Waals surface area contributed by atoms with Gasteiger partial charge in [-0.2, -0.15) is 0 Å². The van der Waals surface area contributed by atoms with Gasteiger partial charge >= 0.3 is 5.97 Å². The van der Waals surface area contributed by atoms with Gasteiger partial charge in [-0.05, 0) is 66.6 Å². The van der Waals surface area contributed by atoms with Gasteiger partial charge in [-0.3, -0.25) is 0 Å². The summed E-state index contributed by atoms with van der Waals surface area (Å²) in [4.78, 5) is 11.4. The highest BCUT2D eigenvalue weighted by Crippen LogP contribution is 2.36. The molecule has 2 N–H and O–H groups in total. The molecule has 202 valence electrons. The van der Waals surface area contributed by atoms with E-state index in [4.69, 9.17) is 9.47 Å². The van der Waals surface area contributed by atoms with Crippen LogP contribution < -0.4 is 9.47 Å². The summed E-state index contributed by atoms with van der Waals surface area (Å²) in [6.07, 6.45) is 0. The first-order valence-electron chi connectivity index (χ1n) is 12.3. The fraction of sp³-hybridized carbons (Fsp3) is 0.194. The summed E-state index contributed by atoms with van der Waals surface area (Å²) in [5, 5.41) is 19.5. The highest BCUT2D eigenvalue weighted by molar-refractivity contribution is 7.92. The Morgan fingerprint density at radius 1 is 0.846 bits per heavy atom. The number of aromatic hydroxyl groups is 1. The molecule has 0 aromatic heterocycles. The van der Waals surface area contributed by atoms with Gasteiger partial charge in [0, 0.05) is 5.41 Å². The van der Waals surface area contributed by atoms with E-state index in [-0.39, 0.29) is 22.8 Å². The minimum absolute atomic E-state index is 0.125. The maximum atomic E-state index is 13.6. The van der Waals surface area contributed by atoms with E-state index in [1.165, 1.54) is 12.1 Å². The SMILES string of the molecule is Cc1ccc(S(=O)(=O)C(COc2ccccc2)Oc2cccc(C(C)(C)c3ccc(C(=O)O)c(O)c3)c2)cc1. The van der Waals surface area contributed by atoms with E-state index in [0.717, 1.165) is 11.1 Å². The van der Waals surface area contributed by atoms with Crippen LogP contribution in [0.4, 0.5) is 0 Å². The van der Waals surface area contributed by atoms with Gasteiger partial charge < -0.3 is 19.7 Å². The lowest BCUT2D eigenvalue weighted by Gasteiger charge is -2.27. The lowest BCUT2D eigenvalue weighted by atomic mass is 9.78. The molecule has 0 aliphatic heterocycles. The molecule has 0 aliphatic rings. The molecule has 1 unspecified atom stereocenters. The predicted molar refractivity (Wildman–Crippen MR) is 148 cm³/mol. The zero-order chi connectivity index (χ0) is 28.2. The van der Waals surface area contributed by atoms with E-state index >= 15 is 0 Å². The van der Waals surface area contributed by atoms with E-state index < -0.39 is 26.7 Å². The predicted octanol–water partition coefficient (Wildman–Crippen LogP) is 5.98. The van der Waals surface area contributed by atoms with Crippen LogP contribution >= 0.6 is 0 Å². The molecule has 0 fully saturated rings. The van der Waals surface area contributed by atoms with E-state index in [1.807, 2.05) is 32.9 Å². The third-order valence-electron chi connectivity index (χ3n) is 6.60. The number of para-hydroxylation sites is 1. The van der Waals surface area contributed by atoms with Crippen molar-refractivity contribution in [3.63, 3.8) is 0 Å². The quantitative estimate of drug-likeness (QED) is 0.252. The lowest BCUT2D eigenvalue weighted by molar-refractivity contribution is 0.0693. The van der Waals surface area contributed by atoms with Crippen LogP contribution in [0.25, 0.3) is 0 Å². The van der Waals surface area contributed by atoms with Crippen molar-refractivity contribution in [3.8, 4) is 17.2 Å². The monoisotopic (exact) mass is 546 g/mol. The fourth-order valence-electron chi connectivity index (χ4n) is 4.13. The Kier molecular flexibility index (Phi) is 7.97. The van der Waals surface area contributed by atoms with Crippen molar-refractivity contribution in [2.75, 3.05) is 6.61 Å². The summed E-state index contributed by atoms with van der Waals surface area (Å²) >= 11 is 0. The molecule has 0 spiro atoms. The van der Waals surface area contributed by atoms with Crippen LogP contribution in [0, 0.1) is 6.92 Å². The molecule has 0 saturated heterocycles. The van der Waals surface area contributed by atoms with E-state index in [1.54, 1.807) is 72.8 Å². The third kappa shape index (κ3) is 6.23. The number of hydrogen-bond donors (Lipinski definition) is 2. The number of ether oxygens (including phenoxy) is 2. The Balaban J connectivity index is 1.66. The second kappa shape index (κ2) is 11.2. The maximum Gasteiger partial charge on any atom is 0.339 e. The summed E-state index contributed by atoms with van der Waals surface area (Å²) in [6.45, 7) is 5.48. The second-order valence-corrected chi connectivity index (χ2v) is 11.8. The number of phenols is 1. The van der Waals surface area contributed by atoms with Gasteiger partial charge in [0.15, 0.2) is 0 Å². The first-order chi connectivity index (χ1) is 18.5. The molecule has 0 aliphatic carbocycles. The summed E-state index contributed by atoms with van der Waals surface area (Å²) in [5.41, 5.74) is 0.201. The lowest BCUT2D eigenvalue weighted by Crippen LogP contribution is -2.34. The van der Waals surface area contributed by atoms with E-state index in [2.05, 4.69) is 0 Å². The fourth-order valence-corrected chi connectivity index (χ4v) is 5.43. The summed E-state index contributed by atoms with van der Waals surface area (Å²) < 4.78 is 39.1. The molecule has 1 atom stereocenters. The van der Waals surface area contributed by atoms with Crippen LogP contribution in [0.1, 0.15) is 40.9 Å². The minimum atomic E-state index is -3.94. The number of hydrogen-bond acceptors (Lipinski definition) is 6. The molecule has 4 aromatic carbocycles. The number of aromatic carboxylic acids is 1. The summed E-state index contributed by atoms with van der Waals surface area (Å²) in [5.74, 6) is -0.706. The Hall–Kier alpha value is -4.30. The smallest absolute Gasteiger partial charge is 0.339 e. The first kappa shape index (κ1) is 27.7. The molecule has 0 heterocycles. The van der Waals surface area contributed by atoms with E-state index in [0.29, 0.717) is 17.1 Å². The molecular formula is C31H30O7S. The first-order valence-corrected chi connectivity index (χ1v) is 13.9. The van der Waals surface area contributed by atoms with Crippen molar-refractivity contribution in [2.45, 2.75) is 36.5 Å². The number of carboxylic acids is 1. The van der Waals surface area contributed by atoms with Gasteiger partial charge in [0.05, 0.1) is 4.90 Å². The average molecular weight is 547 g/mol. The van der Waals surface area contributed by atoms with Crippen molar-refractivity contribution < 1.29 is 32.9 Å². The van der Waals surface area contributed by atoms with Crippen molar-refractivity contribution in [1.29, 1.82) is 0 Å². The molecule has 4 aromatic rings.